The number of carbonyl (C=O) groups is 3. The van der Waals surface area contributed by atoms with Crippen LogP contribution in [0.5, 0.6) is 0 Å². The van der Waals surface area contributed by atoms with E-state index in [4.69, 9.17) is 11.6 Å². The number of benzene rings is 2. The number of amides is 3. The highest BCUT2D eigenvalue weighted by Gasteiger charge is 2.31. The van der Waals surface area contributed by atoms with Crippen LogP contribution < -0.4 is 5.32 Å². The van der Waals surface area contributed by atoms with Crippen LogP contribution in [-0.2, 0) is 14.4 Å². The minimum atomic E-state index is -0.309. The van der Waals surface area contributed by atoms with Gasteiger partial charge in [0, 0.05) is 44.2 Å². The van der Waals surface area contributed by atoms with Gasteiger partial charge in [-0.05, 0) is 53.1 Å². The van der Waals surface area contributed by atoms with E-state index < -0.39 is 0 Å². The largest absolute Gasteiger partial charge is 0.335 e. The Kier molecular flexibility index (Phi) is 6.57. The summed E-state index contributed by atoms with van der Waals surface area (Å²) in [6, 6.07) is 12.8. The van der Waals surface area contributed by atoms with E-state index in [2.05, 4.69) is 11.9 Å². The van der Waals surface area contributed by atoms with Gasteiger partial charge in [0.05, 0.1) is 6.04 Å². The van der Waals surface area contributed by atoms with E-state index in [0.29, 0.717) is 30.3 Å². The molecule has 0 bridgehead atoms. The van der Waals surface area contributed by atoms with Crippen molar-refractivity contribution in [2.45, 2.75) is 19.9 Å². The summed E-state index contributed by atoms with van der Waals surface area (Å²) in [4.78, 5) is 39.2. The standard InChI is InChI=1S/C23H24ClN3O3/c1-4-23(30)26-8-9-27(16(3)29)22(14-26)19-10-18(11-20(24)12-19)17-6-5-7-21(13-17)25-15(2)28/h4-7,10-13,22H,1,8-9,14H2,2-3H3,(H,25,28). The maximum absolute atomic E-state index is 12.2. The van der Waals surface area contributed by atoms with Crippen molar-refractivity contribution in [2.24, 2.45) is 0 Å². The summed E-state index contributed by atoms with van der Waals surface area (Å²) < 4.78 is 0. The molecule has 1 heterocycles. The zero-order valence-electron chi connectivity index (χ0n) is 17.0. The summed E-state index contributed by atoms with van der Waals surface area (Å²) in [5.41, 5.74) is 3.28. The number of hydrogen-bond acceptors (Lipinski definition) is 3. The topological polar surface area (TPSA) is 69.7 Å². The molecule has 1 aliphatic rings. The van der Waals surface area contributed by atoms with E-state index in [-0.39, 0.29) is 23.8 Å². The summed E-state index contributed by atoms with van der Waals surface area (Å²) in [5, 5.41) is 3.31. The number of rotatable bonds is 4. The van der Waals surface area contributed by atoms with Crippen LogP contribution in [0.25, 0.3) is 11.1 Å². The first-order chi connectivity index (χ1) is 14.3. The quantitative estimate of drug-likeness (QED) is 0.755. The third-order valence-corrected chi connectivity index (χ3v) is 5.31. The Balaban J connectivity index is 2.00. The fourth-order valence-electron chi connectivity index (χ4n) is 3.73. The molecule has 0 radical (unpaired) electrons. The molecule has 2 aromatic carbocycles. The van der Waals surface area contributed by atoms with Gasteiger partial charge in [0.2, 0.25) is 17.7 Å². The second kappa shape index (κ2) is 9.13. The van der Waals surface area contributed by atoms with Gasteiger partial charge in [-0.3, -0.25) is 14.4 Å². The third kappa shape index (κ3) is 4.89. The van der Waals surface area contributed by atoms with Crippen molar-refractivity contribution in [3.05, 3.63) is 65.7 Å². The van der Waals surface area contributed by atoms with Gasteiger partial charge in [0.1, 0.15) is 0 Å². The first-order valence-corrected chi connectivity index (χ1v) is 10.0. The highest BCUT2D eigenvalue weighted by molar-refractivity contribution is 6.31. The molecular weight excluding hydrogens is 402 g/mol. The molecule has 0 saturated carbocycles. The van der Waals surface area contributed by atoms with Crippen LogP contribution in [0.1, 0.15) is 25.5 Å². The summed E-state index contributed by atoms with van der Waals surface area (Å²) in [6.45, 7) is 7.83. The van der Waals surface area contributed by atoms with Crippen LogP contribution in [0.2, 0.25) is 5.02 Å². The number of halogens is 1. The predicted molar refractivity (Wildman–Crippen MR) is 118 cm³/mol. The van der Waals surface area contributed by atoms with E-state index in [0.717, 1.165) is 16.7 Å². The van der Waals surface area contributed by atoms with Gasteiger partial charge in [-0.25, -0.2) is 0 Å². The molecule has 1 saturated heterocycles. The fourth-order valence-corrected chi connectivity index (χ4v) is 3.97. The number of piperazine rings is 1. The minimum absolute atomic E-state index is 0.0557. The number of carbonyl (C=O) groups excluding carboxylic acids is 3. The molecule has 30 heavy (non-hydrogen) atoms. The number of hydrogen-bond donors (Lipinski definition) is 1. The van der Waals surface area contributed by atoms with Crippen molar-refractivity contribution in [3.8, 4) is 11.1 Å². The molecule has 156 valence electrons. The first-order valence-electron chi connectivity index (χ1n) is 9.65. The second-order valence-corrected chi connectivity index (χ2v) is 7.69. The van der Waals surface area contributed by atoms with Gasteiger partial charge in [0.15, 0.2) is 0 Å². The fraction of sp³-hybridized carbons (Fsp3) is 0.261. The zero-order valence-corrected chi connectivity index (χ0v) is 17.8. The van der Waals surface area contributed by atoms with E-state index >= 15 is 0 Å². The molecule has 3 amide bonds. The Morgan fingerprint density at radius 2 is 1.87 bits per heavy atom. The van der Waals surface area contributed by atoms with Crippen LogP contribution in [0.3, 0.4) is 0 Å². The van der Waals surface area contributed by atoms with Crippen molar-refractivity contribution in [1.29, 1.82) is 0 Å². The van der Waals surface area contributed by atoms with Crippen molar-refractivity contribution in [1.82, 2.24) is 9.80 Å². The van der Waals surface area contributed by atoms with Crippen LogP contribution >= 0.6 is 11.6 Å². The molecule has 3 rings (SSSR count). The van der Waals surface area contributed by atoms with Crippen molar-refractivity contribution in [3.63, 3.8) is 0 Å². The van der Waals surface area contributed by atoms with Gasteiger partial charge < -0.3 is 15.1 Å². The summed E-state index contributed by atoms with van der Waals surface area (Å²) in [6.07, 6.45) is 1.29. The van der Waals surface area contributed by atoms with Crippen LogP contribution in [0.4, 0.5) is 5.69 Å². The van der Waals surface area contributed by atoms with Gasteiger partial charge >= 0.3 is 0 Å². The average molecular weight is 426 g/mol. The molecular formula is C23H24ClN3O3. The lowest BCUT2D eigenvalue weighted by molar-refractivity contribution is -0.139. The molecule has 1 fully saturated rings. The lowest BCUT2D eigenvalue weighted by atomic mass is 9.96. The molecule has 7 heteroatoms. The molecule has 0 aliphatic carbocycles. The molecule has 1 unspecified atom stereocenters. The SMILES string of the molecule is C=CC(=O)N1CCN(C(C)=O)C(c2cc(Cl)cc(-c3cccc(NC(C)=O)c3)c2)C1. The number of anilines is 1. The van der Waals surface area contributed by atoms with Crippen LogP contribution in [0, 0.1) is 0 Å². The highest BCUT2D eigenvalue weighted by Crippen LogP contribution is 2.33. The summed E-state index contributed by atoms with van der Waals surface area (Å²) >= 11 is 6.43. The first kappa shape index (κ1) is 21.6. The van der Waals surface area contributed by atoms with Gasteiger partial charge in [-0.1, -0.05) is 30.3 Å². The van der Waals surface area contributed by atoms with E-state index in [1.165, 1.54) is 19.9 Å². The number of nitrogens with zero attached hydrogens (tertiary/aromatic N) is 2. The molecule has 0 aromatic heterocycles. The third-order valence-electron chi connectivity index (χ3n) is 5.09. The second-order valence-electron chi connectivity index (χ2n) is 7.25. The zero-order chi connectivity index (χ0) is 21.8. The van der Waals surface area contributed by atoms with Gasteiger partial charge in [-0.15, -0.1) is 0 Å². The molecule has 1 aliphatic heterocycles. The smallest absolute Gasteiger partial charge is 0.246 e. The van der Waals surface area contributed by atoms with Crippen molar-refractivity contribution < 1.29 is 14.4 Å². The van der Waals surface area contributed by atoms with E-state index in [1.54, 1.807) is 9.80 Å². The molecule has 0 spiro atoms. The lowest BCUT2D eigenvalue weighted by Crippen LogP contribution is -2.51. The van der Waals surface area contributed by atoms with Gasteiger partial charge in [-0.2, -0.15) is 0 Å². The summed E-state index contributed by atoms with van der Waals surface area (Å²) in [5.74, 6) is -0.362. The predicted octanol–water partition coefficient (Wildman–Crippen LogP) is 3.88. The Morgan fingerprint density at radius 1 is 1.10 bits per heavy atom. The van der Waals surface area contributed by atoms with Crippen molar-refractivity contribution in [2.75, 3.05) is 25.0 Å². The Labute approximate surface area is 181 Å². The van der Waals surface area contributed by atoms with Crippen LogP contribution in [-0.4, -0.2) is 47.2 Å². The highest BCUT2D eigenvalue weighted by atomic mass is 35.5. The minimum Gasteiger partial charge on any atom is -0.335 e. The number of nitrogens with one attached hydrogen (secondary N) is 1. The molecule has 6 nitrogen and oxygen atoms in total. The molecule has 2 aromatic rings. The van der Waals surface area contributed by atoms with E-state index in [1.807, 2.05) is 42.5 Å². The van der Waals surface area contributed by atoms with E-state index in [9.17, 15) is 14.4 Å². The summed E-state index contributed by atoms with van der Waals surface area (Å²) in [7, 11) is 0. The van der Waals surface area contributed by atoms with Gasteiger partial charge in [0.25, 0.3) is 0 Å². The normalized spacial score (nSPS) is 16.2. The molecule has 1 N–H and O–H groups in total. The van der Waals surface area contributed by atoms with Crippen molar-refractivity contribution >= 4 is 35.0 Å². The monoisotopic (exact) mass is 425 g/mol. The maximum Gasteiger partial charge on any atom is 0.246 e. The Bertz CT molecular complexity index is 1000. The maximum atomic E-state index is 12.2. The Hall–Kier alpha value is -3.12. The molecule has 1 atom stereocenters. The average Bonchev–Trinajstić information content (AvgIpc) is 2.72. The van der Waals surface area contributed by atoms with Crippen LogP contribution in [0.15, 0.2) is 55.1 Å². The Morgan fingerprint density at radius 3 is 2.53 bits per heavy atom. The lowest BCUT2D eigenvalue weighted by Gasteiger charge is -2.41.